The Morgan fingerprint density at radius 2 is 1.89 bits per heavy atom. The number of nitrogens with zero attached hydrogens (tertiary/aromatic N) is 4. The van der Waals surface area contributed by atoms with Gasteiger partial charge in [0.25, 0.3) is 0 Å². The first-order valence-corrected chi connectivity index (χ1v) is 16.2. The van der Waals surface area contributed by atoms with Crippen LogP contribution in [0.1, 0.15) is 62.5 Å². The highest BCUT2D eigenvalue weighted by molar-refractivity contribution is 5.93. The lowest BCUT2D eigenvalue weighted by atomic mass is 9.67. The standard InChI is InChI=1S/C35H46N6O4/c1-6-40(7-2)34(45)28-21-24(22-30(42)37-18-15-25-10-8-9-17-36-25)33(44)41-19-16-27-26-13-11-23(12-14-31(43)39(4)5)20-29(26)38-32(27)35(28,41)3/h8-11,13,17,20,24,28,38H,6-7,12,14-16,18-19,21-22H2,1-5H3,(H,37,42)/t24-,28-,35+/m1/s1. The number of aromatic nitrogens is 2. The zero-order valence-electron chi connectivity index (χ0n) is 27.2. The Bertz CT molecular complexity index is 1560. The number of nitrogens with one attached hydrogen (secondary N) is 2. The second-order valence-electron chi connectivity index (χ2n) is 12.7. The minimum Gasteiger partial charge on any atom is -0.356 e. The largest absolute Gasteiger partial charge is 0.356 e. The molecule has 5 rings (SSSR count). The van der Waals surface area contributed by atoms with E-state index in [0.717, 1.165) is 33.4 Å². The van der Waals surface area contributed by atoms with Crippen molar-refractivity contribution in [2.45, 2.75) is 64.8 Å². The van der Waals surface area contributed by atoms with Gasteiger partial charge in [0.2, 0.25) is 23.6 Å². The minimum absolute atomic E-state index is 0.00922. The Kier molecular flexibility index (Phi) is 9.60. The van der Waals surface area contributed by atoms with Gasteiger partial charge in [-0.1, -0.05) is 18.2 Å². The number of hydrogen-bond acceptors (Lipinski definition) is 5. The van der Waals surface area contributed by atoms with E-state index < -0.39 is 17.4 Å². The van der Waals surface area contributed by atoms with Crippen LogP contribution in [-0.2, 0) is 44.0 Å². The lowest BCUT2D eigenvalue weighted by molar-refractivity contribution is -0.164. The molecule has 1 saturated heterocycles. The Morgan fingerprint density at radius 1 is 1.11 bits per heavy atom. The minimum atomic E-state index is -0.879. The second kappa shape index (κ2) is 13.4. The Morgan fingerprint density at radius 3 is 2.58 bits per heavy atom. The molecule has 0 saturated carbocycles. The second-order valence-corrected chi connectivity index (χ2v) is 12.7. The molecular weight excluding hydrogens is 568 g/mol. The van der Waals surface area contributed by atoms with Gasteiger partial charge in [-0.3, -0.25) is 24.2 Å². The third kappa shape index (κ3) is 6.32. The van der Waals surface area contributed by atoms with Crippen molar-refractivity contribution in [1.29, 1.82) is 0 Å². The van der Waals surface area contributed by atoms with E-state index in [0.29, 0.717) is 58.3 Å². The van der Waals surface area contributed by atoms with Crippen LogP contribution < -0.4 is 5.32 Å². The Labute approximate surface area is 265 Å². The number of hydrogen-bond donors (Lipinski definition) is 2. The van der Waals surface area contributed by atoms with Crippen molar-refractivity contribution in [2.75, 3.05) is 40.3 Å². The number of benzene rings is 1. The van der Waals surface area contributed by atoms with Crippen molar-refractivity contribution < 1.29 is 19.2 Å². The highest BCUT2D eigenvalue weighted by Crippen LogP contribution is 2.50. The SMILES string of the molecule is CCN(CC)C(=O)[C@H]1C[C@H](CC(=O)NCCc2ccccn2)C(=O)N2CCc3c([nH]c4cc(CCC(=O)N(C)C)ccc34)[C@]12C. The summed E-state index contributed by atoms with van der Waals surface area (Å²) in [5.74, 6) is -1.26. The molecule has 3 atom stereocenters. The van der Waals surface area contributed by atoms with Crippen LogP contribution in [-0.4, -0.2) is 88.6 Å². The number of piperidine rings is 1. The first kappa shape index (κ1) is 32.2. The third-order valence-electron chi connectivity index (χ3n) is 9.80. The molecule has 45 heavy (non-hydrogen) atoms. The Hall–Kier alpha value is -4.21. The molecule has 2 aliphatic heterocycles. The van der Waals surface area contributed by atoms with Gasteiger partial charge in [-0.05, 0) is 69.4 Å². The maximum Gasteiger partial charge on any atom is 0.228 e. The molecule has 2 aromatic heterocycles. The fourth-order valence-electron chi connectivity index (χ4n) is 7.19. The van der Waals surface area contributed by atoms with Gasteiger partial charge in [-0.2, -0.15) is 0 Å². The van der Waals surface area contributed by atoms with Gasteiger partial charge in [-0.15, -0.1) is 0 Å². The van der Waals surface area contributed by atoms with E-state index in [9.17, 15) is 19.2 Å². The van der Waals surface area contributed by atoms with Crippen LogP contribution >= 0.6 is 0 Å². The van der Waals surface area contributed by atoms with Gasteiger partial charge in [0.1, 0.15) is 0 Å². The highest BCUT2D eigenvalue weighted by atomic mass is 16.2. The molecule has 10 nitrogen and oxygen atoms in total. The lowest BCUT2D eigenvalue weighted by Gasteiger charge is -2.54. The number of H-pyrrole nitrogens is 1. The number of amides is 4. The quantitative estimate of drug-likeness (QED) is 0.343. The van der Waals surface area contributed by atoms with Crippen LogP contribution in [0.2, 0.25) is 0 Å². The number of carbonyl (C=O) groups is 4. The van der Waals surface area contributed by atoms with Gasteiger partial charge in [-0.25, -0.2) is 0 Å². The topological polar surface area (TPSA) is 119 Å². The van der Waals surface area contributed by atoms with Crippen molar-refractivity contribution in [2.24, 2.45) is 11.8 Å². The average molecular weight is 615 g/mol. The first-order chi connectivity index (χ1) is 21.6. The molecule has 4 heterocycles. The van der Waals surface area contributed by atoms with Gasteiger partial charge >= 0.3 is 0 Å². The summed E-state index contributed by atoms with van der Waals surface area (Å²) in [6.45, 7) is 8.02. The lowest BCUT2D eigenvalue weighted by Crippen LogP contribution is -2.64. The number of aryl methyl sites for hydroxylation is 1. The van der Waals surface area contributed by atoms with Crippen molar-refractivity contribution in [1.82, 2.24) is 30.0 Å². The van der Waals surface area contributed by atoms with E-state index in [-0.39, 0.29) is 30.0 Å². The summed E-state index contributed by atoms with van der Waals surface area (Å²) in [7, 11) is 3.53. The van der Waals surface area contributed by atoms with Crippen molar-refractivity contribution >= 4 is 34.5 Å². The first-order valence-electron chi connectivity index (χ1n) is 16.2. The zero-order chi connectivity index (χ0) is 32.3. The van der Waals surface area contributed by atoms with Crippen molar-refractivity contribution in [3.8, 4) is 0 Å². The molecule has 0 bridgehead atoms. The summed E-state index contributed by atoms with van der Waals surface area (Å²) in [5, 5.41) is 4.04. The fourth-order valence-corrected chi connectivity index (χ4v) is 7.19. The number of pyridine rings is 1. The van der Waals surface area contributed by atoms with E-state index in [1.54, 1.807) is 25.2 Å². The van der Waals surface area contributed by atoms with Crippen LogP contribution in [0.15, 0.2) is 42.6 Å². The molecule has 1 fully saturated rings. The predicted molar refractivity (Wildman–Crippen MR) is 173 cm³/mol. The molecule has 2 N–H and O–H groups in total. The normalized spacial score (nSPS) is 20.8. The van der Waals surface area contributed by atoms with E-state index in [4.69, 9.17) is 0 Å². The smallest absolute Gasteiger partial charge is 0.228 e. The molecule has 240 valence electrons. The van der Waals surface area contributed by atoms with Gasteiger partial charge < -0.3 is 25.0 Å². The molecule has 4 amide bonds. The van der Waals surface area contributed by atoms with E-state index in [1.165, 1.54) is 0 Å². The summed E-state index contributed by atoms with van der Waals surface area (Å²) >= 11 is 0. The monoisotopic (exact) mass is 614 g/mol. The highest BCUT2D eigenvalue weighted by Gasteiger charge is 2.57. The number of carbonyl (C=O) groups excluding carboxylic acids is 4. The molecule has 0 aliphatic carbocycles. The maximum absolute atomic E-state index is 14.2. The van der Waals surface area contributed by atoms with E-state index in [2.05, 4.69) is 33.5 Å². The van der Waals surface area contributed by atoms with Crippen LogP contribution in [0.5, 0.6) is 0 Å². The fraction of sp³-hybridized carbons (Fsp3) is 0.514. The number of fused-ring (bicyclic) bond motifs is 5. The van der Waals surface area contributed by atoms with Gasteiger partial charge in [0.15, 0.2) is 0 Å². The van der Waals surface area contributed by atoms with Crippen LogP contribution in [0.3, 0.4) is 0 Å². The van der Waals surface area contributed by atoms with Gasteiger partial charge in [0.05, 0.1) is 11.5 Å². The maximum atomic E-state index is 14.2. The van der Waals surface area contributed by atoms with Crippen LogP contribution in [0.25, 0.3) is 10.9 Å². The van der Waals surface area contributed by atoms with Crippen LogP contribution in [0, 0.1) is 11.8 Å². The third-order valence-corrected chi connectivity index (χ3v) is 9.80. The summed E-state index contributed by atoms with van der Waals surface area (Å²) in [6.07, 6.45) is 4.41. The molecule has 10 heteroatoms. The molecule has 0 radical (unpaired) electrons. The van der Waals surface area contributed by atoms with Crippen molar-refractivity contribution in [3.63, 3.8) is 0 Å². The predicted octanol–water partition coefficient (Wildman–Crippen LogP) is 3.44. The van der Waals surface area contributed by atoms with E-state index in [1.807, 2.05) is 48.8 Å². The van der Waals surface area contributed by atoms with E-state index >= 15 is 0 Å². The molecule has 2 aliphatic rings. The van der Waals surface area contributed by atoms with Crippen molar-refractivity contribution in [3.05, 3.63) is 65.1 Å². The number of aromatic amines is 1. The summed E-state index contributed by atoms with van der Waals surface area (Å²) in [5.41, 5.74) is 4.06. The van der Waals surface area contributed by atoms with Crippen LogP contribution in [0.4, 0.5) is 0 Å². The summed E-state index contributed by atoms with van der Waals surface area (Å²) in [4.78, 5) is 66.8. The molecule has 0 unspecified atom stereocenters. The number of rotatable bonds is 11. The summed E-state index contributed by atoms with van der Waals surface area (Å²) < 4.78 is 0. The average Bonchev–Trinajstić information content (AvgIpc) is 3.41. The Balaban J connectivity index is 1.42. The molecule has 3 aromatic rings. The molecular formula is C35H46N6O4. The summed E-state index contributed by atoms with van der Waals surface area (Å²) in [6, 6.07) is 12.0. The van der Waals surface area contributed by atoms with Gasteiger partial charge in [0, 0.05) is 93.9 Å². The zero-order valence-corrected chi connectivity index (χ0v) is 27.2. The molecule has 0 spiro atoms. The molecule has 1 aromatic carbocycles.